The Labute approximate surface area is 237 Å². The maximum atomic E-state index is 11.0. The predicted octanol–water partition coefficient (Wildman–Crippen LogP) is 6.02. The van der Waals surface area contributed by atoms with E-state index in [0.29, 0.717) is 19.0 Å². The first-order valence-electron chi connectivity index (χ1n) is 12.8. The number of anilines is 3. The molecule has 5 rings (SSSR count). The number of aliphatic imine (C=N–C) groups is 1. The molecule has 11 nitrogen and oxygen atoms in total. The van der Waals surface area contributed by atoms with Crippen molar-refractivity contribution in [1.29, 1.82) is 0 Å². The van der Waals surface area contributed by atoms with E-state index in [9.17, 15) is 4.79 Å². The summed E-state index contributed by atoms with van der Waals surface area (Å²) in [6, 6.07) is 11.6. The highest BCUT2D eigenvalue weighted by Gasteiger charge is 2.13. The number of aryl methyl sites for hydroxylation is 1. The highest BCUT2D eigenvalue weighted by molar-refractivity contribution is 7.20. The highest BCUT2D eigenvalue weighted by Crippen LogP contribution is 2.39. The molecule has 3 N–H and O–H groups in total. The van der Waals surface area contributed by atoms with Gasteiger partial charge in [-0.1, -0.05) is 48.6 Å². The maximum absolute atomic E-state index is 11.0. The van der Waals surface area contributed by atoms with Crippen LogP contribution >= 0.6 is 11.3 Å². The summed E-state index contributed by atoms with van der Waals surface area (Å²) in [5, 5.41) is 15.3. The highest BCUT2D eigenvalue weighted by atomic mass is 32.1. The minimum absolute atomic E-state index is 0.330. The van der Waals surface area contributed by atoms with Crippen LogP contribution in [-0.4, -0.2) is 50.0 Å². The molecule has 40 heavy (non-hydrogen) atoms. The maximum Gasteiger partial charge on any atom is 0.407 e. The van der Waals surface area contributed by atoms with Gasteiger partial charge in [0, 0.05) is 51.0 Å². The molecule has 5 aromatic rings. The average Bonchev–Trinajstić information content (AvgIpc) is 3.70. The second-order valence-corrected chi connectivity index (χ2v) is 9.63. The molecule has 0 bridgehead atoms. The van der Waals surface area contributed by atoms with Gasteiger partial charge in [0.15, 0.2) is 11.5 Å². The monoisotopic (exact) mass is 559 g/mol. The molecule has 0 aliphatic carbocycles. The Morgan fingerprint density at radius 2 is 2.02 bits per heavy atom. The van der Waals surface area contributed by atoms with Crippen LogP contribution in [0.3, 0.4) is 0 Å². The molecule has 4 heterocycles. The lowest BCUT2D eigenvalue weighted by atomic mass is 10.2. The topological polar surface area (TPSA) is 123 Å². The van der Waals surface area contributed by atoms with Gasteiger partial charge in [0.05, 0.1) is 28.8 Å². The standard InChI is InChI=1S/C17H18N8S.C11H15NO2/c1-4-19-17-12(18-2)7-14(26-17)23-15-16-21-9-13(25(16)6-5-20-15)11-8-22-24(3)10-11;1-2-8-12-11(13)14-9-10-6-4-3-5-7-10/h4-10,18H,1-3H3,(H,20,23);3-7H,2,8-9H2,1H3,(H,12,13)/b19-4-;. The van der Waals surface area contributed by atoms with Crippen molar-refractivity contribution in [2.24, 2.45) is 12.0 Å². The van der Waals surface area contributed by atoms with Gasteiger partial charge in [-0.3, -0.25) is 9.08 Å². The van der Waals surface area contributed by atoms with Crippen molar-refractivity contribution in [3.63, 3.8) is 0 Å². The average molecular weight is 560 g/mol. The number of ether oxygens (including phenoxy) is 1. The van der Waals surface area contributed by atoms with Crippen LogP contribution in [0, 0.1) is 0 Å². The molecule has 1 amide bonds. The van der Waals surface area contributed by atoms with Crippen LogP contribution in [0.1, 0.15) is 25.8 Å². The number of rotatable bonds is 9. The van der Waals surface area contributed by atoms with Gasteiger partial charge >= 0.3 is 6.09 Å². The molecule has 1 aromatic carbocycles. The molecule has 208 valence electrons. The number of aromatic nitrogens is 5. The van der Waals surface area contributed by atoms with Crippen molar-refractivity contribution in [2.45, 2.75) is 26.9 Å². The molecule has 4 aromatic heterocycles. The van der Waals surface area contributed by atoms with Crippen molar-refractivity contribution >= 4 is 50.8 Å². The molecular formula is C28H33N9O2S. The molecule has 12 heteroatoms. The van der Waals surface area contributed by atoms with E-state index < -0.39 is 0 Å². The van der Waals surface area contributed by atoms with Crippen molar-refractivity contribution in [2.75, 3.05) is 24.2 Å². The van der Waals surface area contributed by atoms with Gasteiger partial charge in [-0.15, -0.1) is 0 Å². The molecule has 0 atom stereocenters. The van der Waals surface area contributed by atoms with E-state index in [2.05, 4.69) is 36.0 Å². The van der Waals surface area contributed by atoms with Crippen LogP contribution in [0.5, 0.6) is 0 Å². The summed E-state index contributed by atoms with van der Waals surface area (Å²) in [7, 11) is 3.78. The number of nitrogens with zero attached hydrogens (tertiary/aromatic N) is 6. The molecule has 0 saturated carbocycles. The van der Waals surface area contributed by atoms with E-state index in [-0.39, 0.29) is 6.09 Å². The van der Waals surface area contributed by atoms with Gasteiger partial charge in [0.1, 0.15) is 11.6 Å². The number of hydrogen-bond donors (Lipinski definition) is 3. The lowest BCUT2D eigenvalue weighted by Gasteiger charge is -2.05. The summed E-state index contributed by atoms with van der Waals surface area (Å²) in [6.07, 6.45) is 11.6. The summed E-state index contributed by atoms with van der Waals surface area (Å²) >= 11 is 1.56. The zero-order valence-corrected chi connectivity index (χ0v) is 23.8. The minimum Gasteiger partial charge on any atom is -0.445 e. The van der Waals surface area contributed by atoms with E-state index in [1.165, 1.54) is 0 Å². The van der Waals surface area contributed by atoms with E-state index in [1.54, 1.807) is 28.4 Å². The summed E-state index contributed by atoms with van der Waals surface area (Å²) in [5.41, 5.74) is 4.70. The van der Waals surface area contributed by atoms with Crippen molar-refractivity contribution < 1.29 is 9.53 Å². The Balaban J connectivity index is 0.000000224. The third-order valence-corrected chi connectivity index (χ3v) is 6.59. The second kappa shape index (κ2) is 13.9. The Bertz CT molecular complexity index is 1560. The van der Waals surface area contributed by atoms with Crippen LogP contribution in [0.4, 0.5) is 26.3 Å². The summed E-state index contributed by atoms with van der Waals surface area (Å²) in [6.45, 7) is 4.89. The number of nitrogens with one attached hydrogen (secondary N) is 3. The number of fused-ring (bicyclic) bond motifs is 1. The molecule has 0 radical (unpaired) electrons. The normalized spacial score (nSPS) is 10.8. The number of thiophene rings is 1. The van der Waals surface area contributed by atoms with Gasteiger partial charge in [-0.05, 0) is 25.0 Å². The third kappa shape index (κ3) is 7.23. The summed E-state index contributed by atoms with van der Waals surface area (Å²) in [4.78, 5) is 24.4. The van der Waals surface area contributed by atoms with Crippen LogP contribution in [-0.2, 0) is 18.4 Å². The SMILES string of the molecule is C/C=N\c1sc(Nc2nccn3c(-c4cnn(C)c4)cnc23)cc1NC.CCCNC(=O)OCc1ccccc1. The van der Waals surface area contributed by atoms with Gasteiger partial charge in [0.2, 0.25) is 0 Å². The smallest absolute Gasteiger partial charge is 0.407 e. The van der Waals surface area contributed by atoms with Crippen molar-refractivity contribution in [3.8, 4) is 11.3 Å². The number of carbonyl (C=O) groups is 1. The molecule has 0 spiro atoms. The fourth-order valence-electron chi connectivity index (χ4n) is 3.73. The van der Waals surface area contributed by atoms with Crippen molar-refractivity contribution in [1.82, 2.24) is 29.5 Å². The first kappa shape index (κ1) is 28.3. The lowest BCUT2D eigenvalue weighted by molar-refractivity contribution is 0.139. The van der Waals surface area contributed by atoms with Gasteiger partial charge < -0.3 is 20.7 Å². The van der Waals surface area contributed by atoms with E-state index in [4.69, 9.17) is 4.74 Å². The minimum atomic E-state index is -0.351. The molecule has 0 fully saturated rings. The molecule has 0 aliphatic heterocycles. The van der Waals surface area contributed by atoms with Crippen LogP contribution in [0.25, 0.3) is 16.9 Å². The summed E-state index contributed by atoms with van der Waals surface area (Å²) in [5.74, 6) is 0.693. The second-order valence-electron chi connectivity index (χ2n) is 8.60. The Hall–Kier alpha value is -4.71. The fourth-order valence-corrected chi connectivity index (χ4v) is 4.69. The Morgan fingerprint density at radius 1 is 1.20 bits per heavy atom. The number of imidazole rings is 1. The Kier molecular flexibility index (Phi) is 9.83. The predicted molar refractivity (Wildman–Crippen MR) is 161 cm³/mol. The third-order valence-electron chi connectivity index (χ3n) is 5.63. The van der Waals surface area contributed by atoms with Gasteiger partial charge in [-0.2, -0.15) is 5.10 Å². The van der Waals surface area contributed by atoms with E-state index in [1.807, 2.05) is 93.5 Å². The van der Waals surface area contributed by atoms with E-state index >= 15 is 0 Å². The van der Waals surface area contributed by atoms with Crippen molar-refractivity contribution in [3.05, 3.63) is 72.9 Å². The number of carbonyl (C=O) groups excluding carboxylic acids is 1. The lowest BCUT2D eigenvalue weighted by Crippen LogP contribution is -2.24. The quantitative estimate of drug-likeness (QED) is 0.189. The largest absolute Gasteiger partial charge is 0.445 e. The van der Waals surface area contributed by atoms with Gasteiger partial charge in [-0.25, -0.2) is 19.8 Å². The van der Waals surface area contributed by atoms with Crippen LogP contribution < -0.4 is 16.0 Å². The molecular weight excluding hydrogens is 526 g/mol. The van der Waals surface area contributed by atoms with E-state index in [0.717, 1.165) is 44.6 Å². The Morgan fingerprint density at radius 3 is 2.73 bits per heavy atom. The number of benzene rings is 1. The van der Waals surface area contributed by atoms with Gasteiger partial charge in [0.25, 0.3) is 0 Å². The zero-order chi connectivity index (χ0) is 28.3. The number of amides is 1. The number of hydrogen-bond acceptors (Lipinski definition) is 9. The molecule has 0 saturated heterocycles. The zero-order valence-electron chi connectivity index (χ0n) is 23.0. The molecule has 0 aliphatic rings. The van der Waals surface area contributed by atoms with Crippen LogP contribution in [0.15, 0.2) is 72.4 Å². The fraction of sp³-hybridized carbons (Fsp3) is 0.250. The molecule has 0 unspecified atom stereocenters. The first-order chi connectivity index (χ1) is 19.5. The van der Waals surface area contributed by atoms with Crippen LogP contribution in [0.2, 0.25) is 0 Å². The first-order valence-corrected chi connectivity index (χ1v) is 13.7. The summed E-state index contributed by atoms with van der Waals surface area (Å²) < 4.78 is 8.76. The number of alkyl carbamates (subject to hydrolysis) is 1.